The quantitative estimate of drug-likeness (QED) is 0.649. The summed E-state index contributed by atoms with van der Waals surface area (Å²) in [5.74, 6) is 0.525. The van der Waals surface area contributed by atoms with E-state index in [0.717, 1.165) is 29.9 Å². The van der Waals surface area contributed by atoms with Crippen molar-refractivity contribution >= 4 is 17.8 Å². The summed E-state index contributed by atoms with van der Waals surface area (Å²) in [6, 6.07) is 6.40. The Morgan fingerprint density at radius 2 is 2.14 bits per heavy atom. The molecule has 4 nitrogen and oxygen atoms in total. The first-order valence-corrected chi connectivity index (χ1v) is 8.27. The van der Waals surface area contributed by atoms with Gasteiger partial charge >= 0.3 is 6.03 Å². The number of urea groups is 1. The van der Waals surface area contributed by atoms with Crippen molar-refractivity contribution in [2.45, 2.75) is 42.4 Å². The second kappa shape index (κ2) is 6.66. The zero-order chi connectivity index (χ0) is 14.7. The van der Waals surface area contributed by atoms with Crippen LogP contribution in [-0.2, 0) is 4.74 Å². The van der Waals surface area contributed by atoms with E-state index in [4.69, 9.17) is 4.74 Å². The Labute approximate surface area is 127 Å². The van der Waals surface area contributed by atoms with E-state index < -0.39 is 0 Å². The van der Waals surface area contributed by atoms with E-state index in [2.05, 4.69) is 10.6 Å². The summed E-state index contributed by atoms with van der Waals surface area (Å²) in [5, 5.41) is 5.83. The molecule has 3 rings (SSSR count). The molecule has 0 aromatic heterocycles. The van der Waals surface area contributed by atoms with Gasteiger partial charge in [-0.2, -0.15) is 0 Å². The lowest BCUT2D eigenvalue weighted by Crippen LogP contribution is -2.46. The van der Waals surface area contributed by atoms with Crippen LogP contribution in [0.2, 0.25) is 0 Å². The van der Waals surface area contributed by atoms with E-state index in [1.54, 1.807) is 23.9 Å². The van der Waals surface area contributed by atoms with Crippen molar-refractivity contribution in [3.63, 3.8) is 0 Å². The molecular formula is C15H19FN2O2S. The predicted octanol–water partition coefficient (Wildman–Crippen LogP) is 2.54. The van der Waals surface area contributed by atoms with Crippen LogP contribution in [0.1, 0.15) is 19.3 Å². The second-order valence-electron chi connectivity index (χ2n) is 5.42. The van der Waals surface area contributed by atoms with Crippen LogP contribution in [0, 0.1) is 5.82 Å². The zero-order valence-electron chi connectivity index (χ0n) is 11.7. The topological polar surface area (TPSA) is 50.4 Å². The van der Waals surface area contributed by atoms with Crippen LogP contribution >= 0.6 is 11.8 Å². The number of ether oxygens (including phenoxy) is 1. The molecule has 1 aromatic carbocycles. The molecule has 0 radical (unpaired) electrons. The van der Waals surface area contributed by atoms with Crippen LogP contribution in [0.15, 0.2) is 29.2 Å². The SMILES string of the molecule is O=C(NCCSc1ccc(F)cc1)NC1CC2CCC1O2. The molecule has 3 atom stereocenters. The molecule has 3 unspecified atom stereocenters. The summed E-state index contributed by atoms with van der Waals surface area (Å²) in [6.45, 7) is 0.579. The van der Waals surface area contributed by atoms with Gasteiger partial charge in [0.1, 0.15) is 5.82 Å². The van der Waals surface area contributed by atoms with E-state index in [-0.39, 0.29) is 24.0 Å². The predicted molar refractivity (Wildman–Crippen MR) is 80.0 cm³/mol. The molecule has 2 heterocycles. The monoisotopic (exact) mass is 310 g/mol. The highest BCUT2D eigenvalue weighted by atomic mass is 32.2. The lowest BCUT2D eigenvalue weighted by Gasteiger charge is -2.20. The van der Waals surface area contributed by atoms with Crippen LogP contribution < -0.4 is 10.6 Å². The average Bonchev–Trinajstić information content (AvgIpc) is 3.08. The van der Waals surface area contributed by atoms with E-state index in [1.165, 1.54) is 12.1 Å². The number of benzene rings is 1. The number of hydrogen-bond acceptors (Lipinski definition) is 3. The first kappa shape index (κ1) is 14.7. The van der Waals surface area contributed by atoms with Crippen molar-refractivity contribution in [2.75, 3.05) is 12.3 Å². The fraction of sp³-hybridized carbons (Fsp3) is 0.533. The van der Waals surface area contributed by atoms with Gasteiger partial charge < -0.3 is 15.4 Å². The van der Waals surface area contributed by atoms with Crippen LogP contribution in [0.5, 0.6) is 0 Å². The molecule has 21 heavy (non-hydrogen) atoms. The Bertz CT molecular complexity index is 497. The summed E-state index contributed by atoms with van der Waals surface area (Å²) in [7, 11) is 0. The minimum Gasteiger partial charge on any atom is -0.373 e. The Hall–Kier alpha value is -1.27. The fourth-order valence-electron chi connectivity index (χ4n) is 2.87. The van der Waals surface area contributed by atoms with Crippen LogP contribution in [0.3, 0.4) is 0 Å². The third-order valence-corrected chi connectivity index (χ3v) is 4.91. The number of nitrogens with one attached hydrogen (secondary N) is 2. The van der Waals surface area contributed by atoms with Gasteiger partial charge in [0.25, 0.3) is 0 Å². The summed E-state index contributed by atoms with van der Waals surface area (Å²) < 4.78 is 18.5. The van der Waals surface area contributed by atoms with Gasteiger partial charge in [0.2, 0.25) is 0 Å². The maximum atomic E-state index is 12.8. The van der Waals surface area contributed by atoms with Gasteiger partial charge in [-0.1, -0.05) is 0 Å². The second-order valence-corrected chi connectivity index (χ2v) is 6.59. The van der Waals surface area contributed by atoms with Crippen molar-refractivity contribution in [2.24, 2.45) is 0 Å². The van der Waals surface area contributed by atoms with Crippen LogP contribution in [0.25, 0.3) is 0 Å². The number of fused-ring (bicyclic) bond motifs is 2. The lowest BCUT2D eigenvalue weighted by atomic mass is 9.96. The fourth-order valence-corrected chi connectivity index (χ4v) is 3.64. The van der Waals surface area contributed by atoms with Crippen molar-refractivity contribution in [1.82, 2.24) is 10.6 Å². The largest absolute Gasteiger partial charge is 0.373 e. The van der Waals surface area contributed by atoms with Crippen LogP contribution in [0.4, 0.5) is 9.18 Å². The minimum atomic E-state index is -0.232. The van der Waals surface area contributed by atoms with Gasteiger partial charge in [-0.05, 0) is 43.5 Å². The van der Waals surface area contributed by atoms with Gasteiger partial charge in [-0.3, -0.25) is 0 Å². The Morgan fingerprint density at radius 1 is 1.33 bits per heavy atom. The zero-order valence-corrected chi connectivity index (χ0v) is 12.5. The van der Waals surface area contributed by atoms with E-state index in [1.807, 2.05) is 0 Å². The van der Waals surface area contributed by atoms with Crippen LogP contribution in [-0.4, -0.2) is 36.6 Å². The minimum absolute atomic E-state index is 0.129. The van der Waals surface area contributed by atoms with Crippen molar-refractivity contribution in [1.29, 1.82) is 0 Å². The maximum absolute atomic E-state index is 12.8. The standard InChI is InChI=1S/C15H19FN2O2S/c16-10-1-4-12(5-2-10)21-8-7-17-15(19)18-13-9-11-3-6-14(13)20-11/h1-2,4-5,11,13-14H,3,6-9H2,(H2,17,18,19). The molecule has 6 heteroatoms. The first-order valence-electron chi connectivity index (χ1n) is 7.29. The van der Waals surface area contributed by atoms with Gasteiger partial charge in [0.05, 0.1) is 18.2 Å². The maximum Gasteiger partial charge on any atom is 0.315 e. The highest BCUT2D eigenvalue weighted by Gasteiger charge is 2.41. The van der Waals surface area contributed by atoms with Gasteiger partial charge in [-0.15, -0.1) is 11.8 Å². The number of thioether (sulfide) groups is 1. The third-order valence-electron chi connectivity index (χ3n) is 3.89. The number of rotatable bonds is 5. The number of carbonyl (C=O) groups is 1. The summed E-state index contributed by atoms with van der Waals surface area (Å²) in [4.78, 5) is 12.8. The number of amides is 2. The average molecular weight is 310 g/mol. The normalized spacial score (nSPS) is 26.8. The van der Waals surface area contributed by atoms with Gasteiger partial charge in [-0.25, -0.2) is 9.18 Å². The highest BCUT2D eigenvalue weighted by molar-refractivity contribution is 7.99. The molecule has 1 aromatic rings. The van der Waals surface area contributed by atoms with Crippen molar-refractivity contribution in [3.05, 3.63) is 30.1 Å². The molecule has 2 N–H and O–H groups in total. The number of halogens is 1. The van der Waals surface area contributed by atoms with E-state index >= 15 is 0 Å². The van der Waals surface area contributed by atoms with E-state index in [9.17, 15) is 9.18 Å². The number of carbonyl (C=O) groups excluding carboxylic acids is 1. The van der Waals surface area contributed by atoms with Gasteiger partial charge in [0, 0.05) is 17.2 Å². The molecule has 2 aliphatic heterocycles. The lowest BCUT2D eigenvalue weighted by molar-refractivity contribution is 0.0981. The summed E-state index contributed by atoms with van der Waals surface area (Å²) >= 11 is 1.59. The molecular weight excluding hydrogens is 291 g/mol. The molecule has 2 aliphatic rings. The van der Waals surface area contributed by atoms with Crippen molar-refractivity contribution in [3.8, 4) is 0 Å². The highest BCUT2D eigenvalue weighted by Crippen LogP contribution is 2.34. The number of hydrogen-bond donors (Lipinski definition) is 2. The molecule has 0 saturated carbocycles. The molecule has 114 valence electrons. The molecule has 0 spiro atoms. The Balaban J connectivity index is 1.32. The molecule has 2 saturated heterocycles. The van der Waals surface area contributed by atoms with Gasteiger partial charge in [0.15, 0.2) is 0 Å². The molecule has 2 bridgehead atoms. The molecule has 2 fully saturated rings. The first-order chi connectivity index (χ1) is 10.2. The van der Waals surface area contributed by atoms with Crippen molar-refractivity contribution < 1.29 is 13.9 Å². The smallest absolute Gasteiger partial charge is 0.315 e. The van der Waals surface area contributed by atoms with E-state index in [0.29, 0.717) is 12.6 Å². The third kappa shape index (κ3) is 3.89. The summed E-state index contributed by atoms with van der Waals surface area (Å²) in [6.07, 6.45) is 3.65. The summed E-state index contributed by atoms with van der Waals surface area (Å²) in [5.41, 5.74) is 0. The molecule has 0 aliphatic carbocycles. The molecule has 2 amide bonds. The Kier molecular flexibility index (Phi) is 4.65. The Morgan fingerprint density at radius 3 is 2.81 bits per heavy atom.